The molecule has 1 aliphatic carbocycles. The van der Waals surface area contributed by atoms with Crippen molar-refractivity contribution >= 4 is 23.4 Å². The highest BCUT2D eigenvalue weighted by Gasteiger charge is 2.30. The summed E-state index contributed by atoms with van der Waals surface area (Å²) >= 11 is 0. The molecule has 0 saturated carbocycles. The van der Waals surface area contributed by atoms with Gasteiger partial charge in [-0.1, -0.05) is 45.0 Å². The van der Waals surface area contributed by atoms with Gasteiger partial charge in [0.1, 0.15) is 17.7 Å². The van der Waals surface area contributed by atoms with Crippen LogP contribution in [0.3, 0.4) is 0 Å². The Kier molecular flexibility index (Phi) is 9.19. The lowest BCUT2D eigenvalue weighted by molar-refractivity contribution is 0.171. The summed E-state index contributed by atoms with van der Waals surface area (Å²) < 4.78 is 10.4. The summed E-state index contributed by atoms with van der Waals surface area (Å²) in [5.41, 5.74) is 3.73. The number of pyridine rings is 1. The highest BCUT2D eigenvalue weighted by atomic mass is 16.5. The van der Waals surface area contributed by atoms with Crippen LogP contribution in [0.25, 0.3) is 5.65 Å². The number of aromatic nitrogens is 5. The minimum atomic E-state index is -0.256. The third-order valence-corrected chi connectivity index (χ3v) is 9.12. The van der Waals surface area contributed by atoms with Crippen molar-refractivity contribution in [3.63, 3.8) is 0 Å². The monoisotopic (exact) mass is 629 g/mol. The normalized spacial score (nSPS) is 20.2. The van der Waals surface area contributed by atoms with Crippen LogP contribution in [-0.4, -0.2) is 80.2 Å². The lowest BCUT2D eigenvalue weighted by atomic mass is 9.85. The number of urea groups is 1. The summed E-state index contributed by atoms with van der Waals surface area (Å²) in [7, 11) is 3.90. The molecule has 4 heterocycles. The molecule has 1 unspecified atom stereocenters. The number of hydrogen-bond acceptors (Lipinski definition) is 8. The molecule has 1 aromatic carbocycles. The topological polar surface area (TPSA) is 125 Å². The maximum atomic E-state index is 13.1. The highest BCUT2D eigenvalue weighted by Crippen LogP contribution is 2.39. The first-order chi connectivity index (χ1) is 22.1. The molecule has 0 spiro atoms. The van der Waals surface area contributed by atoms with Crippen LogP contribution in [0.1, 0.15) is 75.4 Å². The van der Waals surface area contributed by atoms with Gasteiger partial charge in [-0.05, 0) is 61.9 Å². The van der Waals surface area contributed by atoms with Gasteiger partial charge in [-0.25, -0.2) is 4.79 Å². The first kappa shape index (κ1) is 31.8. The number of rotatable bonds is 9. The summed E-state index contributed by atoms with van der Waals surface area (Å²) in [6.07, 6.45) is 5.60. The van der Waals surface area contributed by atoms with Gasteiger partial charge in [-0.2, -0.15) is 5.10 Å². The Hall–Kier alpha value is -4.16. The molecule has 3 aromatic heterocycles. The Morgan fingerprint density at radius 3 is 2.67 bits per heavy atom. The first-order valence-electron chi connectivity index (χ1n) is 16.4. The average Bonchev–Trinajstić information content (AvgIpc) is 3.61. The molecule has 246 valence electrons. The van der Waals surface area contributed by atoms with Crippen LogP contribution in [0, 0.1) is 5.92 Å². The third kappa shape index (κ3) is 6.97. The van der Waals surface area contributed by atoms with Crippen molar-refractivity contribution in [3.8, 4) is 5.75 Å². The van der Waals surface area contributed by atoms with E-state index >= 15 is 0 Å². The van der Waals surface area contributed by atoms with Gasteiger partial charge >= 0.3 is 6.03 Å². The SMILES string of the molecule is CN(CCO)CC1CCCN(c2nnc3ccc(O[C@@H]4CC[C@H](NC(=O)Nc5cc(C(C)(C)C)nn5C)c5ccccc54)cn23)C1. The van der Waals surface area contributed by atoms with Crippen molar-refractivity contribution in [2.75, 3.05) is 50.1 Å². The summed E-state index contributed by atoms with van der Waals surface area (Å²) in [6.45, 7) is 9.95. The van der Waals surface area contributed by atoms with Crippen molar-refractivity contribution in [3.05, 3.63) is 65.5 Å². The summed E-state index contributed by atoms with van der Waals surface area (Å²) in [5.74, 6) is 2.74. The van der Waals surface area contributed by atoms with Crippen LogP contribution in [0.15, 0.2) is 48.7 Å². The number of aryl methyl sites for hydroxylation is 1. The van der Waals surface area contributed by atoms with Gasteiger partial charge in [0.05, 0.1) is 24.5 Å². The number of nitrogens with zero attached hydrogens (tertiary/aromatic N) is 7. The Labute approximate surface area is 270 Å². The number of carbonyl (C=O) groups is 1. The molecule has 2 aliphatic rings. The Morgan fingerprint density at radius 2 is 1.91 bits per heavy atom. The number of amides is 2. The molecule has 6 rings (SSSR count). The van der Waals surface area contributed by atoms with Crippen molar-refractivity contribution < 1.29 is 14.6 Å². The largest absolute Gasteiger partial charge is 0.484 e. The molecule has 0 bridgehead atoms. The van der Waals surface area contributed by atoms with Crippen LogP contribution in [0.2, 0.25) is 0 Å². The van der Waals surface area contributed by atoms with E-state index in [4.69, 9.17) is 4.74 Å². The molecule has 0 radical (unpaired) electrons. The molecule has 3 N–H and O–H groups in total. The summed E-state index contributed by atoms with van der Waals surface area (Å²) in [6, 6.07) is 13.6. The standard InChI is InChI=1S/C34H47N9O3/c1-34(2,3)29-19-31(41(5)39-29)36-32(45)35-27-13-14-28(26-11-7-6-10-25(26)27)46-24-12-15-30-37-38-33(43(30)22-24)42-16-8-9-23(21-42)20-40(4)17-18-44/h6-7,10-12,15,19,22-23,27-28,44H,8-9,13-14,16-18,20-21H2,1-5H3,(H2,35,36,45)/t23?,27-,28+/m0/s1. The number of aliphatic hydroxyl groups excluding tert-OH is 1. The van der Waals surface area contributed by atoms with Crippen LogP contribution in [-0.2, 0) is 12.5 Å². The number of anilines is 2. The fraction of sp³-hybridized carbons (Fsp3) is 0.529. The maximum Gasteiger partial charge on any atom is 0.320 e. The fourth-order valence-corrected chi connectivity index (χ4v) is 6.69. The number of aliphatic hydroxyl groups is 1. The number of likely N-dealkylation sites (N-methyl/N-ethyl adjacent to an activating group) is 1. The van der Waals surface area contributed by atoms with Crippen LogP contribution in [0.4, 0.5) is 16.6 Å². The van der Waals surface area contributed by atoms with Crippen LogP contribution >= 0.6 is 0 Å². The fourth-order valence-electron chi connectivity index (χ4n) is 6.69. The molecular weight excluding hydrogens is 582 g/mol. The Bertz CT molecular complexity index is 1660. The molecule has 1 saturated heterocycles. The van der Waals surface area contributed by atoms with Crippen molar-refractivity contribution in [1.82, 2.24) is 34.6 Å². The number of piperidine rings is 1. The molecular formula is C34H47N9O3. The van der Waals surface area contributed by atoms with Crippen LogP contribution in [0.5, 0.6) is 5.75 Å². The van der Waals surface area contributed by atoms with E-state index in [2.05, 4.69) is 75.7 Å². The lowest BCUT2D eigenvalue weighted by Gasteiger charge is -2.34. The van der Waals surface area contributed by atoms with Crippen LogP contribution < -0.4 is 20.3 Å². The molecule has 12 heteroatoms. The van der Waals surface area contributed by atoms with Crippen molar-refractivity contribution in [2.24, 2.45) is 13.0 Å². The molecule has 1 fully saturated rings. The molecule has 4 aromatic rings. The quantitative estimate of drug-likeness (QED) is 0.244. The predicted molar refractivity (Wildman–Crippen MR) is 178 cm³/mol. The first-order valence-corrected chi connectivity index (χ1v) is 16.4. The van der Waals surface area contributed by atoms with E-state index < -0.39 is 0 Å². The second-order valence-corrected chi connectivity index (χ2v) is 13.8. The minimum Gasteiger partial charge on any atom is -0.484 e. The zero-order valence-corrected chi connectivity index (χ0v) is 27.6. The van der Waals surface area contributed by atoms with E-state index in [0.717, 1.165) is 79.5 Å². The predicted octanol–water partition coefficient (Wildman–Crippen LogP) is 4.68. The molecule has 1 aliphatic heterocycles. The van der Waals surface area contributed by atoms with E-state index in [1.807, 2.05) is 48.0 Å². The average molecular weight is 630 g/mol. The molecule has 12 nitrogen and oxygen atoms in total. The van der Waals surface area contributed by atoms with Gasteiger partial charge in [0, 0.05) is 44.7 Å². The number of carbonyl (C=O) groups excluding carboxylic acids is 1. The van der Waals surface area contributed by atoms with Crippen molar-refractivity contribution in [2.45, 2.75) is 64.0 Å². The third-order valence-electron chi connectivity index (χ3n) is 9.12. The number of nitrogens with one attached hydrogen (secondary N) is 2. The smallest absolute Gasteiger partial charge is 0.320 e. The zero-order valence-electron chi connectivity index (χ0n) is 27.6. The minimum absolute atomic E-state index is 0.110. The summed E-state index contributed by atoms with van der Waals surface area (Å²) in [5, 5.41) is 29.0. The lowest BCUT2D eigenvalue weighted by Crippen LogP contribution is -2.41. The Morgan fingerprint density at radius 1 is 1.11 bits per heavy atom. The zero-order chi connectivity index (χ0) is 32.4. The Balaban J connectivity index is 1.14. The van der Waals surface area contributed by atoms with Gasteiger partial charge in [0.15, 0.2) is 5.65 Å². The molecule has 46 heavy (non-hydrogen) atoms. The maximum absolute atomic E-state index is 13.1. The van der Waals surface area contributed by atoms with Gasteiger partial charge in [-0.15, -0.1) is 10.2 Å². The molecule has 3 atom stereocenters. The van der Waals surface area contributed by atoms with E-state index in [1.165, 1.54) is 0 Å². The number of fused-ring (bicyclic) bond motifs is 2. The van der Waals surface area contributed by atoms with Gasteiger partial charge in [-0.3, -0.25) is 14.4 Å². The van der Waals surface area contributed by atoms with E-state index in [1.54, 1.807) is 4.68 Å². The van der Waals surface area contributed by atoms with Gasteiger partial charge in [0.25, 0.3) is 0 Å². The van der Waals surface area contributed by atoms with E-state index in [-0.39, 0.29) is 30.2 Å². The van der Waals surface area contributed by atoms with Gasteiger partial charge < -0.3 is 25.0 Å². The van der Waals surface area contributed by atoms with Crippen molar-refractivity contribution in [1.29, 1.82) is 0 Å². The highest BCUT2D eigenvalue weighted by molar-refractivity contribution is 5.88. The second-order valence-electron chi connectivity index (χ2n) is 13.8. The number of ether oxygens (including phenoxy) is 1. The van der Waals surface area contributed by atoms with Gasteiger partial charge in [0.2, 0.25) is 5.95 Å². The number of benzene rings is 1. The van der Waals surface area contributed by atoms with E-state index in [0.29, 0.717) is 18.3 Å². The number of hydrogen-bond donors (Lipinski definition) is 3. The van der Waals surface area contributed by atoms with E-state index in [9.17, 15) is 9.90 Å². The second kappa shape index (κ2) is 13.3. The molecule has 2 amide bonds. The summed E-state index contributed by atoms with van der Waals surface area (Å²) in [4.78, 5) is 17.6.